The topological polar surface area (TPSA) is 193 Å². The van der Waals surface area contributed by atoms with Crippen LogP contribution in [0, 0.1) is 0 Å². The van der Waals surface area contributed by atoms with Gasteiger partial charge in [0.05, 0.1) is 20.2 Å². The first-order valence-corrected chi connectivity index (χ1v) is 25.4. The minimum absolute atomic E-state index is 0.0720. The van der Waals surface area contributed by atoms with Gasteiger partial charge in [0.1, 0.15) is 17.3 Å². The quantitative estimate of drug-likeness (QED) is 0.0768. The van der Waals surface area contributed by atoms with E-state index in [-0.39, 0.29) is 47.2 Å². The number of ether oxygens (including phenoxy) is 1. The lowest BCUT2D eigenvalue weighted by atomic mass is 10.1. The maximum absolute atomic E-state index is 13.0. The third-order valence-corrected chi connectivity index (χ3v) is 15.4. The van der Waals surface area contributed by atoms with E-state index in [4.69, 9.17) is 48.4 Å². The predicted molar refractivity (Wildman–Crippen MR) is 258 cm³/mol. The van der Waals surface area contributed by atoms with Gasteiger partial charge in [0.25, 0.3) is 31.9 Å². The monoisotopic (exact) mass is 1010 g/mol. The summed E-state index contributed by atoms with van der Waals surface area (Å²) in [5.41, 5.74) is 2.76. The zero-order chi connectivity index (χ0) is 47.6. The highest BCUT2D eigenvalue weighted by atomic mass is 35.5. The fourth-order valence-electron chi connectivity index (χ4n) is 7.42. The van der Waals surface area contributed by atoms with Crippen LogP contribution in [0.25, 0.3) is 0 Å². The molecule has 2 amide bonds. The molecule has 2 fully saturated rings. The Kier molecular flexibility index (Phi) is 16.6. The van der Waals surface area contributed by atoms with Gasteiger partial charge in [-0.1, -0.05) is 46.9 Å². The Bertz CT molecular complexity index is 2840. The molecular weight excluding hydrogens is 963 g/mol. The third kappa shape index (κ3) is 13.3. The number of methoxy groups -OCH3 is 1. The van der Waals surface area contributed by atoms with Gasteiger partial charge >= 0.3 is 0 Å². The van der Waals surface area contributed by atoms with Gasteiger partial charge in [-0.25, -0.2) is 16.8 Å². The van der Waals surface area contributed by atoms with E-state index in [0.717, 1.165) is 17.1 Å². The van der Waals surface area contributed by atoms with Gasteiger partial charge in [0, 0.05) is 81.9 Å². The molecule has 0 saturated carbocycles. The maximum atomic E-state index is 13.0. The highest BCUT2D eigenvalue weighted by Gasteiger charge is 2.33. The van der Waals surface area contributed by atoms with Gasteiger partial charge in [-0.05, 0) is 129 Å². The van der Waals surface area contributed by atoms with Crippen molar-refractivity contribution >= 4 is 78.0 Å². The van der Waals surface area contributed by atoms with E-state index in [9.17, 15) is 26.4 Å². The van der Waals surface area contributed by atoms with Crippen LogP contribution < -0.4 is 26.0 Å². The number of halogens is 3. The van der Waals surface area contributed by atoms with E-state index in [1.807, 2.05) is 48.5 Å². The second-order valence-electron chi connectivity index (χ2n) is 15.7. The lowest BCUT2D eigenvalue weighted by Crippen LogP contribution is -2.42. The normalized spacial score (nSPS) is 15.2. The molecule has 2 aliphatic rings. The van der Waals surface area contributed by atoms with E-state index < -0.39 is 20.0 Å². The summed E-state index contributed by atoms with van der Waals surface area (Å²) in [5.74, 6) is 0.872. The van der Waals surface area contributed by atoms with Crippen molar-refractivity contribution in [3.05, 3.63) is 159 Å². The molecule has 15 nitrogen and oxygen atoms in total. The molecular formula is C47H49Cl3N6O9S2. The van der Waals surface area contributed by atoms with E-state index >= 15 is 0 Å². The Morgan fingerprint density at radius 2 is 0.985 bits per heavy atom. The van der Waals surface area contributed by atoms with Gasteiger partial charge in [-0.3, -0.25) is 9.59 Å². The van der Waals surface area contributed by atoms with Crippen molar-refractivity contribution < 1.29 is 40.0 Å². The van der Waals surface area contributed by atoms with Gasteiger partial charge < -0.3 is 34.8 Å². The number of benzene rings is 4. The second kappa shape index (κ2) is 22.5. The van der Waals surface area contributed by atoms with Crippen molar-refractivity contribution in [1.82, 2.24) is 19.2 Å². The zero-order valence-electron chi connectivity index (χ0n) is 36.3. The van der Waals surface area contributed by atoms with Gasteiger partial charge in [-0.15, -0.1) is 0 Å². The van der Waals surface area contributed by atoms with Crippen molar-refractivity contribution in [2.75, 3.05) is 43.9 Å². The minimum atomic E-state index is -3.75. The lowest BCUT2D eigenvalue weighted by molar-refractivity contribution is 0.0939. The Hall–Kier alpha value is -5.53. The van der Waals surface area contributed by atoms with E-state index in [0.29, 0.717) is 89.6 Å². The zero-order valence-corrected chi connectivity index (χ0v) is 40.2. The van der Waals surface area contributed by atoms with Crippen LogP contribution >= 0.6 is 34.8 Å². The molecule has 4 aromatic carbocycles. The average Bonchev–Trinajstić information content (AvgIpc) is 4.03. The number of anilines is 2. The second-order valence-corrected chi connectivity index (χ2v) is 20.8. The molecule has 354 valence electrons. The Balaban J connectivity index is 0.000000199. The fraction of sp³-hybridized carbons (Fsp3) is 0.277. The van der Waals surface area contributed by atoms with Crippen molar-refractivity contribution in [2.45, 2.75) is 61.0 Å². The Morgan fingerprint density at radius 1 is 0.567 bits per heavy atom. The molecule has 2 saturated heterocycles. The Morgan fingerprint density at radius 3 is 1.40 bits per heavy atom. The van der Waals surface area contributed by atoms with Crippen LogP contribution in [0.2, 0.25) is 15.1 Å². The number of amides is 2. The summed E-state index contributed by atoms with van der Waals surface area (Å²) in [4.78, 5) is 24.5. The highest BCUT2D eigenvalue weighted by molar-refractivity contribution is 7.89. The molecule has 0 atom stereocenters. The van der Waals surface area contributed by atoms with Crippen LogP contribution in [-0.4, -0.2) is 82.6 Å². The van der Waals surface area contributed by atoms with Crippen molar-refractivity contribution in [2.24, 2.45) is 0 Å². The van der Waals surface area contributed by atoms with Crippen LogP contribution in [0.4, 0.5) is 11.4 Å². The molecule has 2 aromatic heterocycles. The molecule has 0 unspecified atom stereocenters. The number of piperidine rings is 2. The number of hydrogen-bond donors (Lipinski definition) is 4. The molecule has 8 rings (SSSR count). The summed E-state index contributed by atoms with van der Waals surface area (Å²) in [6, 6.07) is 34.4. The minimum Gasteiger partial charge on any atom is -0.497 e. The first-order chi connectivity index (χ1) is 32.2. The standard InChI is InChI=1S/C24H26ClN3O5S.C23H23Cl2N3O4S/c1-32-21-4-2-3-20(15-21)27-19-11-13-28(14-12-19)34(30,31)23-10-9-22(33-23)16-26-24(29)17-5-7-18(25)8-6-17;24-17-6-4-16(5-7-17)23(29)26-15-21-8-9-22(32-21)33(30,31)28-12-10-19(11-13-28)27-20-3-1-2-18(25)14-20/h2-10,15,19,27H,11-14,16H2,1H3,(H,26,29);1-9,14,19,27H,10-13,15H2,(H,26,29). The summed E-state index contributed by atoms with van der Waals surface area (Å²) < 4.78 is 71.3. The van der Waals surface area contributed by atoms with Crippen LogP contribution in [0.5, 0.6) is 5.75 Å². The average molecular weight is 1010 g/mol. The lowest BCUT2D eigenvalue weighted by Gasteiger charge is -2.31. The molecule has 0 aliphatic carbocycles. The SMILES string of the molecule is COc1cccc(NC2CCN(S(=O)(=O)c3ccc(CNC(=O)c4ccc(Cl)cc4)o3)CC2)c1.O=C(NCc1ccc(S(=O)(=O)N2CCC(Nc3cccc(Cl)c3)CC2)o1)c1ccc(Cl)cc1. The van der Waals surface area contributed by atoms with Crippen molar-refractivity contribution in [3.8, 4) is 5.75 Å². The predicted octanol–water partition coefficient (Wildman–Crippen LogP) is 8.92. The number of sulfonamides is 2. The molecule has 20 heteroatoms. The summed E-state index contributed by atoms with van der Waals surface area (Å²) in [6.07, 6.45) is 2.66. The van der Waals surface area contributed by atoms with Crippen LogP contribution in [0.3, 0.4) is 0 Å². The number of carbonyl (C=O) groups excluding carboxylic acids is 2. The summed E-state index contributed by atoms with van der Waals surface area (Å²) >= 11 is 17.7. The number of hydrogen-bond acceptors (Lipinski definition) is 11. The van der Waals surface area contributed by atoms with Gasteiger partial charge in [0.15, 0.2) is 0 Å². The molecule has 0 bridgehead atoms. The number of carbonyl (C=O) groups is 2. The number of furan rings is 2. The summed E-state index contributed by atoms with van der Waals surface area (Å²) in [6.45, 7) is 1.67. The van der Waals surface area contributed by atoms with Gasteiger partial charge in [-0.2, -0.15) is 8.61 Å². The highest BCUT2D eigenvalue weighted by Crippen LogP contribution is 2.27. The fourth-order valence-corrected chi connectivity index (χ4v) is 10.7. The van der Waals surface area contributed by atoms with E-state index in [1.54, 1.807) is 67.8 Å². The molecule has 2 aliphatic heterocycles. The molecule has 4 heterocycles. The molecule has 6 aromatic rings. The number of nitrogens with zero attached hydrogens (tertiary/aromatic N) is 2. The molecule has 0 radical (unpaired) electrons. The van der Waals surface area contributed by atoms with Crippen molar-refractivity contribution in [1.29, 1.82) is 0 Å². The number of rotatable bonds is 15. The maximum Gasteiger partial charge on any atom is 0.276 e. The first kappa shape index (κ1) is 49.4. The van der Waals surface area contributed by atoms with Crippen LogP contribution in [0.1, 0.15) is 57.9 Å². The molecule has 67 heavy (non-hydrogen) atoms. The summed E-state index contributed by atoms with van der Waals surface area (Å²) in [7, 11) is -5.88. The first-order valence-electron chi connectivity index (χ1n) is 21.3. The van der Waals surface area contributed by atoms with E-state index in [2.05, 4.69) is 21.3 Å². The largest absolute Gasteiger partial charge is 0.497 e. The van der Waals surface area contributed by atoms with Crippen LogP contribution in [-0.2, 0) is 33.1 Å². The van der Waals surface area contributed by atoms with Crippen LogP contribution in [0.15, 0.2) is 140 Å². The number of nitrogens with one attached hydrogen (secondary N) is 4. The smallest absolute Gasteiger partial charge is 0.276 e. The van der Waals surface area contributed by atoms with E-state index in [1.165, 1.54) is 20.7 Å². The van der Waals surface area contributed by atoms with Crippen molar-refractivity contribution in [3.63, 3.8) is 0 Å². The Labute approximate surface area is 404 Å². The van der Waals surface area contributed by atoms with Gasteiger partial charge in [0.2, 0.25) is 10.2 Å². The molecule has 0 spiro atoms. The summed E-state index contributed by atoms with van der Waals surface area (Å²) in [5, 5.41) is 13.8. The molecule has 4 N–H and O–H groups in total. The third-order valence-electron chi connectivity index (χ3n) is 11.1.